The molecule has 0 amide bonds. The van der Waals surface area contributed by atoms with E-state index in [2.05, 4.69) is 149 Å². The number of para-hydroxylation sites is 3. The number of nitrogens with zero attached hydrogens (tertiary/aromatic N) is 4. The fourth-order valence-electron chi connectivity index (χ4n) is 5.87. The zero-order valence-corrected chi connectivity index (χ0v) is 22.5. The van der Waals surface area contributed by atoms with Gasteiger partial charge in [-0.15, -0.1) is 0 Å². The predicted octanol–water partition coefficient (Wildman–Crippen LogP) is 9.33. The van der Waals surface area contributed by atoms with Crippen molar-refractivity contribution in [3.05, 3.63) is 145 Å². The van der Waals surface area contributed by atoms with E-state index >= 15 is 0 Å². The highest BCUT2D eigenvalue weighted by atomic mass is 15.1. The first kappa shape index (κ1) is 23.9. The van der Waals surface area contributed by atoms with Crippen molar-refractivity contribution in [2.24, 2.45) is 0 Å². The number of fused-ring (bicyclic) bond motifs is 3. The molecule has 0 radical (unpaired) electrons. The van der Waals surface area contributed by atoms with Gasteiger partial charge in [-0.1, -0.05) is 54.6 Å². The third kappa shape index (κ3) is 4.02. The van der Waals surface area contributed by atoms with Crippen LogP contribution < -0.4 is 4.90 Å². The van der Waals surface area contributed by atoms with Crippen LogP contribution in [-0.2, 0) is 0 Å². The van der Waals surface area contributed by atoms with Crippen molar-refractivity contribution in [3.8, 4) is 16.8 Å². The summed E-state index contributed by atoms with van der Waals surface area (Å²) in [7, 11) is 0. The van der Waals surface area contributed by atoms with E-state index < -0.39 is 0 Å². The summed E-state index contributed by atoms with van der Waals surface area (Å²) in [5.74, 6) is 0. The topological polar surface area (TPSA) is 34.0 Å². The molecular weight excluding hydrogens is 488 g/mol. The van der Waals surface area contributed by atoms with E-state index in [1.165, 1.54) is 38.6 Å². The minimum Gasteiger partial charge on any atom is -0.310 e. The van der Waals surface area contributed by atoms with Crippen molar-refractivity contribution < 1.29 is 0 Å². The fourth-order valence-corrected chi connectivity index (χ4v) is 5.87. The van der Waals surface area contributed by atoms with Gasteiger partial charge in [-0.25, -0.2) is 9.97 Å². The first-order valence-electron chi connectivity index (χ1n) is 13.5. The molecule has 0 fully saturated rings. The van der Waals surface area contributed by atoms with Gasteiger partial charge in [0, 0.05) is 45.8 Å². The second-order valence-electron chi connectivity index (χ2n) is 10.1. The second-order valence-corrected chi connectivity index (χ2v) is 10.1. The van der Waals surface area contributed by atoms with Crippen LogP contribution in [0.1, 0.15) is 11.1 Å². The van der Waals surface area contributed by atoms with Gasteiger partial charge in [0.2, 0.25) is 0 Å². The van der Waals surface area contributed by atoms with Crippen LogP contribution >= 0.6 is 0 Å². The van der Waals surface area contributed by atoms with Crippen molar-refractivity contribution in [2.45, 2.75) is 13.8 Å². The Morgan fingerprint density at radius 1 is 0.525 bits per heavy atom. The summed E-state index contributed by atoms with van der Waals surface area (Å²) in [5.41, 5.74) is 11.5. The van der Waals surface area contributed by atoms with Gasteiger partial charge in [0.15, 0.2) is 0 Å². The molecular formula is C36H28N4. The maximum absolute atomic E-state index is 4.22. The van der Waals surface area contributed by atoms with Gasteiger partial charge in [-0.2, -0.15) is 0 Å². The quantitative estimate of drug-likeness (QED) is 0.229. The van der Waals surface area contributed by atoms with Crippen LogP contribution in [0.2, 0.25) is 0 Å². The molecule has 0 aliphatic rings. The zero-order chi connectivity index (χ0) is 27.1. The Hall–Kier alpha value is -5.22. The summed E-state index contributed by atoms with van der Waals surface area (Å²) in [4.78, 5) is 10.8. The van der Waals surface area contributed by atoms with Crippen molar-refractivity contribution in [1.29, 1.82) is 0 Å². The standard InChI is InChI=1S/C36H28N4/c1-25-19-27(28-22-37-24-38-23-28)20-26(2)36(25)40-34-16-10-9-15-32(34)33-21-31(17-18-35(33)40)39(29-11-5-3-6-12-29)30-13-7-4-8-14-30/h3-24H,1-2H3. The molecule has 0 bridgehead atoms. The molecule has 0 unspecified atom stereocenters. The lowest BCUT2D eigenvalue weighted by molar-refractivity contribution is 1.12. The molecule has 0 aliphatic carbocycles. The molecule has 192 valence electrons. The summed E-state index contributed by atoms with van der Waals surface area (Å²) < 4.78 is 2.42. The van der Waals surface area contributed by atoms with Gasteiger partial charge in [-0.05, 0) is 91.2 Å². The number of aromatic nitrogens is 3. The van der Waals surface area contributed by atoms with Crippen LogP contribution in [0.5, 0.6) is 0 Å². The van der Waals surface area contributed by atoms with Crippen molar-refractivity contribution >= 4 is 38.9 Å². The molecule has 0 N–H and O–H groups in total. The number of rotatable bonds is 5. The number of hydrogen-bond donors (Lipinski definition) is 0. The number of hydrogen-bond acceptors (Lipinski definition) is 3. The number of anilines is 3. The first-order chi connectivity index (χ1) is 19.7. The van der Waals surface area contributed by atoms with E-state index in [4.69, 9.17) is 0 Å². The zero-order valence-electron chi connectivity index (χ0n) is 22.5. The lowest BCUT2D eigenvalue weighted by atomic mass is 10.0. The monoisotopic (exact) mass is 516 g/mol. The average Bonchev–Trinajstić information content (AvgIpc) is 3.32. The van der Waals surface area contributed by atoms with Gasteiger partial charge >= 0.3 is 0 Å². The van der Waals surface area contributed by atoms with Crippen molar-refractivity contribution in [1.82, 2.24) is 14.5 Å². The highest BCUT2D eigenvalue weighted by Gasteiger charge is 2.19. The number of benzene rings is 5. The predicted molar refractivity (Wildman–Crippen MR) is 166 cm³/mol. The Bertz CT molecular complexity index is 1900. The van der Waals surface area contributed by atoms with Gasteiger partial charge in [0.05, 0.1) is 16.7 Å². The van der Waals surface area contributed by atoms with E-state index in [1.807, 2.05) is 12.4 Å². The first-order valence-corrected chi connectivity index (χ1v) is 13.5. The lowest BCUT2D eigenvalue weighted by Crippen LogP contribution is -2.09. The molecule has 0 saturated heterocycles. The summed E-state index contributed by atoms with van der Waals surface area (Å²) in [5, 5.41) is 2.46. The Labute approximate surface area is 233 Å². The van der Waals surface area contributed by atoms with Crippen LogP contribution in [0.15, 0.2) is 134 Å². The highest BCUT2D eigenvalue weighted by molar-refractivity contribution is 6.11. The fraction of sp³-hybridized carbons (Fsp3) is 0.0556. The molecule has 4 heteroatoms. The maximum Gasteiger partial charge on any atom is 0.115 e. The molecule has 2 heterocycles. The van der Waals surface area contributed by atoms with Gasteiger partial charge in [-0.3, -0.25) is 0 Å². The summed E-state index contributed by atoms with van der Waals surface area (Å²) in [6, 6.07) is 41.1. The Morgan fingerprint density at radius 3 is 1.75 bits per heavy atom. The third-order valence-corrected chi connectivity index (χ3v) is 7.55. The van der Waals surface area contributed by atoms with Gasteiger partial charge in [0.1, 0.15) is 6.33 Å². The largest absolute Gasteiger partial charge is 0.310 e. The van der Waals surface area contributed by atoms with Crippen LogP contribution in [0.25, 0.3) is 38.6 Å². The molecule has 4 nitrogen and oxygen atoms in total. The molecule has 2 aromatic heterocycles. The van der Waals surface area contributed by atoms with E-state index in [-0.39, 0.29) is 0 Å². The SMILES string of the molecule is Cc1cc(-c2cncnc2)cc(C)c1-n1c2ccccc2c2cc(N(c3ccccc3)c3ccccc3)ccc21. The molecule has 0 atom stereocenters. The minimum absolute atomic E-state index is 1.02. The van der Waals surface area contributed by atoms with E-state index in [0.717, 1.165) is 28.2 Å². The van der Waals surface area contributed by atoms with Gasteiger partial charge in [0.25, 0.3) is 0 Å². The molecule has 0 saturated carbocycles. The van der Waals surface area contributed by atoms with Crippen molar-refractivity contribution in [3.63, 3.8) is 0 Å². The lowest BCUT2D eigenvalue weighted by Gasteiger charge is -2.25. The van der Waals surface area contributed by atoms with Gasteiger partial charge < -0.3 is 9.47 Å². The molecule has 7 aromatic rings. The minimum atomic E-state index is 1.02. The molecule has 0 spiro atoms. The van der Waals surface area contributed by atoms with Crippen LogP contribution in [0.4, 0.5) is 17.1 Å². The van der Waals surface area contributed by atoms with E-state index in [0.29, 0.717) is 0 Å². The Morgan fingerprint density at radius 2 is 1.10 bits per heavy atom. The van der Waals surface area contributed by atoms with E-state index in [9.17, 15) is 0 Å². The van der Waals surface area contributed by atoms with E-state index in [1.54, 1.807) is 6.33 Å². The van der Waals surface area contributed by atoms with Crippen LogP contribution in [-0.4, -0.2) is 14.5 Å². The molecule has 7 rings (SSSR count). The third-order valence-electron chi connectivity index (χ3n) is 7.55. The highest BCUT2D eigenvalue weighted by Crippen LogP contribution is 2.40. The molecule has 5 aromatic carbocycles. The Kier molecular flexibility index (Phi) is 5.86. The Balaban J connectivity index is 1.45. The second kappa shape index (κ2) is 9.83. The molecule has 40 heavy (non-hydrogen) atoms. The van der Waals surface area contributed by atoms with Crippen molar-refractivity contribution in [2.75, 3.05) is 4.90 Å². The van der Waals surface area contributed by atoms with Crippen LogP contribution in [0.3, 0.4) is 0 Å². The molecule has 0 aliphatic heterocycles. The normalized spacial score (nSPS) is 11.2. The average molecular weight is 517 g/mol. The summed E-state index contributed by atoms with van der Waals surface area (Å²) in [6.45, 7) is 4.38. The smallest absolute Gasteiger partial charge is 0.115 e. The summed E-state index contributed by atoms with van der Waals surface area (Å²) in [6.07, 6.45) is 5.31. The van der Waals surface area contributed by atoms with Crippen LogP contribution in [0, 0.1) is 13.8 Å². The number of aryl methyl sites for hydroxylation is 2. The maximum atomic E-state index is 4.22. The summed E-state index contributed by atoms with van der Waals surface area (Å²) >= 11 is 0.